The van der Waals surface area contributed by atoms with Crippen LogP contribution in [-0.2, 0) is 6.54 Å². The second-order valence-corrected chi connectivity index (χ2v) is 6.36. The molecule has 1 aromatic heterocycles. The molecule has 0 saturated carbocycles. The molecule has 3 rings (SSSR count). The topological polar surface area (TPSA) is 37.3 Å². The molecule has 0 atom stereocenters. The summed E-state index contributed by atoms with van der Waals surface area (Å²) < 4.78 is 15.1. The number of para-hydroxylation sites is 1. The second kappa shape index (κ2) is 7.49. The molecule has 0 radical (unpaired) electrons. The molecule has 25 heavy (non-hydrogen) atoms. The highest BCUT2D eigenvalue weighted by molar-refractivity contribution is 5.98. The summed E-state index contributed by atoms with van der Waals surface area (Å²) in [6.45, 7) is 1.89. The highest BCUT2D eigenvalue weighted by atomic mass is 19.1. The average Bonchev–Trinajstić information content (AvgIpc) is 2.95. The quantitative estimate of drug-likeness (QED) is 0.749. The van der Waals surface area contributed by atoms with Crippen molar-refractivity contribution in [2.45, 2.75) is 6.54 Å². The number of likely N-dealkylation sites (N-methyl/N-ethyl adjacent to an activating group) is 1. The minimum absolute atomic E-state index is 0.0971. The van der Waals surface area contributed by atoms with Crippen LogP contribution in [-0.4, -0.2) is 42.6 Å². The van der Waals surface area contributed by atoms with Gasteiger partial charge in [0.15, 0.2) is 0 Å². The Balaban J connectivity index is 1.91. The molecule has 130 valence electrons. The molecule has 2 aromatic carbocycles. The lowest BCUT2D eigenvalue weighted by Gasteiger charge is -2.13. The first-order valence-corrected chi connectivity index (χ1v) is 8.30. The Morgan fingerprint density at radius 1 is 1.12 bits per heavy atom. The third kappa shape index (κ3) is 4.06. The van der Waals surface area contributed by atoms with Gasteiger partial charge in [-0.2, -0.15) is 0 Å². The first-order chi connectivity index (χ1) is 12.0. The summed E-state index contributed by atoms with van der Waals surface area (Å²) in [4.78, 5) is 14.7. The molecule has 5 heteroatoms. The smallest absolute Gasteiger partial charge is 0.267 e. The highest BCUT2D eigenvalue weighted by Crippen LogP contribution is 2.21. The van der Waals surface area contributed by atoms with Crippen molar-refractivity contribution < 1.29 is 9.18 Å². The zero-order valence-electron chi connectivity index (χ0n) is 14.5. The van der Waals surface area contributed by atoms with E-state index in [9.17, 15) is 9.18 Å². The predicted molar refractivity (Wildman–Crippen MR) is 98.3 cm³/mol. The van der Waals surface area contributed by atoms with Gasteiger partial charge in [-0.25, -0.2) is 4.39 Å². The Morgan fingerprint density at radius 3 is 2.56 bits per heavy atom. The molecule has 0 aliphatic rings. The summed E-state index contributed by atoms with van der Waals surface area (Å²) in [7, 11) is 3.94. The van der Waals surface area contributed by atoms with E-state index in [4.69, 9.17) is 0 Å². The molecule has 0 aliphatic heterocycles. The number of carbonyl (C=O) groups is 1. The number of benzene rings is 2. The highest BCUT2D eigenvalue weighted by Gasteiger charge is 2.15. The first-order valence-electron chi connectivity index (χ1n) is 8.30. The van der Waals surface area contributed by atoms with Gasteiger partial charge >= 0.3 is 0 Å². The number of halogens is 1. The largest absolute Gasteiger partial charge is 0.349 e. The molecule has 1 heterocycles. The molecule has 0 unspecified atom stereocenters. The van der Waals surface area contributed by atoms with E-state index < -0.39 is 0 Å². The summed E-state index contributed by atoms with van der Waals surface area (Å²) in [5.41, 5.74) is 2.55. The van der Waals surface area contributed by atoms with E-state index in [1.807, 2.05) is 53.9 Å². The molecule has 0 spiro atoms. The fourth-order valence-electron chi connectivity index (χ4n) is 2.82. The summed E-state index contributed by atoms with van der Waals surface area (Å²) in [5, 5.41) is 3.98. The lowest BCUT2D eigenvalue weighted by Crippen LogP contribution is -2.32. The van der Waals surface area contributed by atoms with Crippen molar-refractivity contribution in [3.05, 3.63) is 71.7 Å². The first kappa shape index (κ1) is 17.2. The minimum Gasteiger partial charge on any atom is -0.349 e. The Morgan fingerprint density at radius 2 is 1.84 bits per heavy atom. The van der Waals surface area contributed by atoms with Gasteiger partial charge in [-0.1, -0.05) is 30.3 Å². The van der Waals surface area contributed by atoms with Gasteiger partial charge in [-0.3, -0.25) is 4.79 Å². The summed E-state index contributed by atoms with van der Waals surface area (Å²) >= 11 is 0. The van der Waals surface area contributed by atoms with Gasteiger partial charge in [0.1, 0.15) is 11.5 Å². The van der Waals surface area contributed by atoms with Crippen molar-refractivity contribution in [3.63, 3.8) is 0 Å². The van der Waals surface area contributed by atoms with Crippen molar-refractivity contribution in [2.75, 3.05) is 27.2 Å². The Labute approximate surface area is 146 Å². The zero-order valence-corrected chi connectivity index (χ0v) is 14.5. The number of rotatable bonds is 6. The molecule has 0 saturated heterocycles. The van der Waals surface area contributed by atoms with E-state index in [1.54, 1.807) is 12.1 Å². The van der Waals surface area contributed by atoms with Gasteiger partial charge in [0.25, 0.3) is 5.91 Å². The van der Waals surface area contributed by atoms with Crippen LogP contribution >= 0.6 is 0 Å². The maximum absolute atomic E-state index is 13.2. The fourth-order valence-corrected chi connectivity index (χ4v) is 2.82. The van der Waals surface area contributed by atoms with Crippen LogP contribution in [0.1, 0.15) is 16.1 Å². The molecular weight excluding hydrogens is 317 g/mol. The predicted octanol–water partition coefficient (Wildman–Crippen LogP) is 3.12. The van der Waals surface area contributed by atoms with E-state index in [0.29, 0.717) is 18.8 Å². The molecule has 1 amide bonds. The maximum Gasteiger partial charge on any atom is 0.267 e. The molecule has 3 aromatic rings. The number of carbonyl (C=O) groups excluding carboxylic acids is 1. The molecule has 0 aliphatic carbocycles. The van der Waals surface area contributed by atoms with E-state index in [2.05, 4.69) is 5.32 Å². The Hall–Kier alpha value is -2.66. The summed E-state index contributed by atoms with van der Waals surface area (Å²) in [6.07, 6.45) is 0. The van der Waals surface area contributed by atoms with Crippen LogP contribution in [0.15, 0.2) is 54.6 Å². The van der Waals surface area contributed by atoms with Crippen LogP contribution in [0.4, 0.5) is 4.39 Å². The molecule has 0 bridgehead atoms. The lowest BCUT2D eigenvalue weighted by atomic mass is 10.2. The number of hydrogen-bond acceptors (Lipinski definition) is 2. The number of nitrogens with one attached hydrogen (secondary N) is 1. The average molecular weight is 339 g/mol. The molecular formula is C20H22FN3O. The van der Waals surface area contributed by atoms with Gasteiger partial charge in [0.2, 0.25) is 0 Å². The van der Waals surface area contributed by atoms with Crippen LogP contribution in [0.5, 0.6) is 0 Å². The number of nitrogens with zero attached hydrogens (tertiary/aromatic N) is 2. The Kier molecular flexibility index (Phi) is 5.14. The van der Waals surface area contributed by atoms with E-state index in [-0.39, 0.29) is 11.7 Å². The third-order valence-electron chi connectivity index (χ3n) is 4.14. The SMILES string of the molecule is CN(C)CCNC(=O)c1cc2ccccc2n1Cc1ccc(F)cc1. The van der Waals surface area contributed by atoms with Crippen molar-refractivity contribution in [3.8, 4) is 0 Å². The van der Waals surface area contributed by atoms with Gasteiger partial charge in [0, 0.05) is 30.5 Å². The number of aromatic nitrogens is 1. The number of fused-ring (bicyclic) bond motifs is 1. The van der Waals surface area contributed by atoms with E-state index in [1.165, 1.54) is 12.1 Å². The van der Waals surface area contributed by atoms with Gasteiger partial charge in [0.05, 0.1) is 0 Å². The maximum atomic E-state index is 13.2. The van der Waals surface area contributed by atoms with Gasteiger partial charge in [-0.05, 0) is 43.9 Å². The third-order valence-corrected chi connectivity index (χ3v) is 4.14. The normalized spacial score (nSPS) is 11.2. The molecule has 1 N–H and O–H groups in total. The van der Waals surface area contributed by atoms with Crippen LogP contribution in [0.25, 0.3) is 10.9 Å². The second-order valence-electron chi connectivity index (χ2n) is 6.36. The fraction of sp³-hybridized carbons (Fsp3) is 0.250. The standard InChI is InChI=1S/C20H22FN3O/c1-23(2)12-11-22-20(25)19-13-16-5-3-4-6-18(16)24(19)14-15-7-9-17(21)10-8-15/h3-10,13H,11-12,14H2,1-2H3,(H,22,25). The zero-order chi connectivity index (χ0) is 17.8. The van der Waals surface area contributed by atoms with Crippen LogP contribution in [0, 0.1) is 5.82 Å². The van der Waals surface area contributed by atoms with Gasteiger partial charge < -0.3 is 14.8 Å². The number of hydrogen-bond donors (Lipinski definition) is 1. The number of amides is 1. The van der Waals surface area contributed by atoms with Crippen LogP contribution in [0.2, 0.25) is 0 Å². The van der Waals surface area contributed by atoms with Crippen molar-refractivity contribution in [2.24, 2.45) is 0 Å². The summed E-state index contributed by atoms with van der Waals surface area (Å²) in [6, 6.07) is 16.2. The van der Waals surface area contributed by atoms with Crippen LogP contribution in [0.3, 0.4) is 0 Å². The molecule has 0 fully saturated rings. The van der Waals surface area contributed by atoms with Crippen LogP contribution < -0.4 is 5.32 Å². The van der Waals surface area contributed by atoms with E-state index in [0.717, 1.165) is 23.0 Å². The lowest BCUT2D eigenvalue weighted by molar-refractivity contribution is 0.0942. The van der Waals surface area contributed by atoms with E-state index >= 15 is 0 Å². The van der Waals surface area contributed by atoms with Crippen molar-refractivity contribution >= 4 is 16.8 Å². The Bertz CT molecular complexity index is 868. The minimum atomic E-state index is -0.261. The van der Waals surface area contributed by atoms with Crippen molar-refractivity contribution in [1.29, 1.82) is 0 Å². The van der Waals surface area contributed by atoms with Gasteiger partial charge in [-0.15, -0.1) is 0 Å². The summed E-state index contributed by atoms with van der Waals surface area (Å²) in [5.74, 6) is -0.358. The van der Waals surface area contributed by atoms with Crippen molar-refractivity contribution in [1.82, 2.24) is 14.8 Å². The monoisotopic (exact) mass is 339 g/mol. The molecule has 4 nitrogen and oxygen atoms in total.